The van der Waals surface area contributed by atoms with Crippen molar-refractivity contribution in [1.82, 2.24) is 15.2 Å². The van der Waals surface area contributed by atoms with Crippen molar-refractivity contribution in [3.05, 3.63) is 24.2 Å². The van der Waals surface area contributed by atoms with Gasteiger partial charge in [0.2, 0.25) is 0 Å². The van der Waals surface area contributed by atoms with Crippen molar-refractivity contribution in [2.24, 2.45) is 0 Å². The molecule has 0 amide bonds. The molecule has 2 aromatic rings. The molecule has 0 spiro atoms. The number of aryl methyl sites for hydroxylation is 1. The van der Waals surface area contributed by atoms with E-state index in [0.29, 0.717) is 0 Å². The first kappa shape index (κ1) is 5.41. The highest BCUT2D eigenvalue weighted by molar-refractivity contribution is 5.79. The molecule has 0 bridgehead atoms. The van der Waals surface area contributed by atoms with Gasteiger partial charge in [-0.15, -0.1) is 0 Å². The first-order chi connectivity index (χ1) is 4.88. The number of aromatic amines is 1. The minimum absolute atomic E-state index is 0.983. The molecule has 0 saturated heterocycles. The molecular formula is C7H6N3. The molecule has 0 aliphatic heterocycles. The molecule has 0 aromatic carbocycles. The van der Waals surface area contributed by atoms with E-state index in [2.05, 4.69) is 21.4 Å². The average Bonchev–Trinajstić information content (AvgIpc) is 2.34. The minimum atomic E-state index is 0.983. The summed E-state index contributed by atoms with van der Waals surface area (Å²) in [7, 11) is 0. The molecule has 3 nitrogen and oxygen atoms in total. The van der Waals surface area contributed by atoms with Crippen LogP contribution in [0.15, 0.2) is 12.3 Å². The van der Waals surface area contributed by atoms with Crippen LogP contribution in [0.4, 0.5) is 0 Å². The maximum Gasteiger partial charge on any atom is 0.0908 e. The van der Waals surface area contributed by atoms with Crippen molar-refractivity contribution >= 4 is 10.9 Å². The third-order valence-corrected chi connectivity index (χ3v) is 1.50. The number of H-pyrrole nitrogens is 1. The lowest BCUT2D eigenvalue weighted by Crippen LogP contribution is -1.71. The topological polar surface area (TPSA) is 41.6 Å². The maximum absolute atomic E-state index is 4.01. The van der Waals surface area contributed by atoms with Gasteiger partial charge in [-0.25, -0.2) is 0 Å². The molecule has 0 fully saturated rings. The maximum atomic E-state index is 4.01. The summed E-state index contributed by atoms with van der Waals surface area (Å²) in [6.45, 7) is 1.94. The SMILES string of the molecule is Cc1n[nH]c2c[c]ncc12. The fraction of sp³-hybridized carbons (Fsp3) is 0.143. The van der Waals surface area contributed by atoms with E-state index in [0.717, 1.165) is 16.6 Å². The number of hydrogen-bond acceptors (Lipinski definition) is 2. The van der Waals surface area contributed by atoms with Crippen LogP contribution < -0.4 is 0 Å². The van der Waals surface area contributed by atoms with Crippen molar-refractivity contribution in [1.29, 1.82) is 0 Å². The van der Waals surface area contributed by atoms with Gasteiger partial charge in [0.25, 0.3) is 0 Å². The normalized spacial score (nSPS) is 10.5. The van der Waals surface area contributed by atoms with Crippen molar-refractivity contribution < 1.29 is 0 Å². The van der Waals surface area contributed by atoms with E-state index in [9.17, 15) is 0 Å². The van der Waals surface area contributed by atoms with E-state index in [-0.39, 0.29) is 0 Å². The highest BCUT2D eigenvalue weighted by Crippen LogP contribution is 2.10. The van der Waals surface area contributed by atoms with Gasteiger partial charge in [-0.05, 0) is 13.0 Å². The molecular weight excluding hydrogens is 126 g/mol. The van der Waals surface area contributed by atoms with Gasteiger partial charge in [0.15, 0.2) is 0 Å². The standard InChI is InChI=1S/C7H6N3/c1-5-6-4-8-3-2-7(6)10-9-5/h2,4H,1H3,(H,9,10). The molecule has 49 valence electrons. The lowest BCUT2D eigenvalue weighted by Gasteiger charge is -1.83. The van der Waals surface area contributed by atoms with Gasteiger partial charge < -0.3 is 0 Å². The van der Waals surface area contributed by atoms with Gasteiger partial charge in [0.1, 0.15) is 0 Å². The summed E-state index contributed by atoms with van der Waals surface area (Å²) < 4.78 is 0. The fourth-order valence-corrected chi connectivity index (χ4v) is 0.936. The predicted molar refractivity (Wildman–Crippen MR) is 37.5 cm³/mol. The number of pyridine rings is 1. The van der Waals surface area contributed by atoms with E-state index in [4.69, 9.17) is 0 Å². The van der Waals surface area contributed by atoms with E-state index >= 15 is 0 Å². The van der Waals surface area contributed by atoms with E-state index in [1.165, 1.54) is 0 Å². The minimum Gasteiger partial charge on any atom is -0.277 e. The second-order valence-corrected chi connectivity index (χ2v) is 2.17. The number of nitrogens with one attached hydrogen (secondary N) is 1. The summed E-state index contributed by atoms with van der Waals surface area (Å²) in [5, 5.41) is 7.95. The number of fused-ring (bicyclic) bond motifs is 1. The Hall–Kier alpha value is -1.38. The first-order valence-electron chi connectivity index (χ1n) is 3.05. The Balaban J connectivity index is 2.93. The molecule has 1 N–H and O–H groups in total. The Bertz CT molecular complexity index is 350. The van der Waals surface area contributed by atoms with Crippen molar-refractivity contribution in [2.75, 3.05) is 0 Å². The molecule has 3 heteroatoms. The Morgan fingerprint density at radius 3 is 3.30 bits per heavy atom. The molecule has 2 rings (SSSR count). The third-order valence-electron chi connectivity index (χ3n) is 1.50. The van der Waals surface area contributed by atoms with Crippen LogP contribution in [0.3, 0.4) is 0 Å². The van der Waals surface area contributed by atoms with Gasteiger partial charge in [-0.1, -0.05) is 0 Å². The molecule has 0 saturated carbocycles. The van der Waals surface area contributed by atoms with Gasteiger partial charge in [-0.3, -0.25) is 10.1 Å². The number of hydrogen-bond donors (Lipinski definition) is 1. The number of nitrogens with zero attached hydrogens (tertiary/aromatic N) is 2. The fourth-order valence-electron chi connectivity index (χ4n) is 0.936. The van der Waals surface area contributed by atoms with Crippen LogP contribution in [0.1, 0.15) is 5.69 Å². The Morgan fingerprint density at radius 1 is 1.60 bits per heavy atom. The summed E-state index contributed by atoms with van der Waals surface area (Å²) in [5.74, 6) is 0. The summed E-state index contributed by atoms with van der Waals surface area (Å²) in [6, 6.07) is 1.79. The van der Waals surface area contributed by atoms with Gasteiger partial charge in [0, 0.05) is 11.6 Å². The smallest absolute Gasteiger partial charge is 0.0908 e. The first-order valence-corrected chi connectivity index (χ1v) is 3.05. The van der Waals surface area contributed by atoms with Crippen molar-refractivity contribution in [3.63, 3.8) is 0 Å². The Morgan fingerprint density at radius 2 is 2.50 bits per heavy atom. The quantitative estimate of drug-likeness (QED) is 0.582. The molecule has 0 atom stereocenters. The molecule has 10 heavy (non-hydrogen) atoms. The lowest BCUT2D eigenvalue weighted by molar-refractivity contribution is 1.07. The van der Waals surface area contributed by atoms with Crippen LogP contribution in [0.2, 0.25) is 0 Å². The molecule has 0 unspecified atom stereocenters. The summed E-state index contributed by atoms with van der Waals surface area (Å²) in [6.07, 6.45) is 4.49. The second-order valence-electron chi connectivity index (χ2n) is 2.17. The molecule has 1 radical (unpaired) electrons. The van der Waals surface area contributed by atoms with Crippen LogP contribution in [0.5, 0.6) is 0 Å². The number of aromatic nitrogens is 3. The van der Waals surface area contributed by atoms with Crippen molar-refractivity contribution in [3.8, 4) is 0 Å². The van der Waals surface area contributed by atoms with Crippen LogP contribution in [-0.2, 0) is 0 Å². The summed E-state index contributed by atoms with van der Waals surface area (Å²) in [4.78, 5) is 3.86. The lowest BCUT2D eigenvalue weighted by atomic mass is 10.3. The molecule has 0 aliphatic rings. The molecule has 0 aliphatic carbocycles. The van der Waals surface area contributed by atoms with Gasteiger partial charge in [-0.2, -0.15) is 5.10 Å². The van der Waals surface area contributed by atoms with Gasteiger partial charge >= 0.3 is 0 Å². The van der Waals surface area contributed by atoms with Crippen LogP contribution in [-0.4, -0.2) is 15.2 Å². The highest BCUT2D eigenvalue weighted by atomic mass is 15.1. The van der Waals surface area contributed by atoms with Crippen LogP contribution in [0.25, 0.3) is 10.9 Å². The zero-order valence-corrected chi connectivity index (χ0v) is 5.55. The van der Waals surface area contributed by atoms with E-state index < -0.39 is 0 Å². The molecule has 2 aromatic heterocycles. The van der Waals surface area contributed by atoms with Crippen molar-refractivity contribution in [2.45, 2.75) is 6.92 Å². The highest BCUT2D eigenvalue weighted by Gasteiger charge is 1.97. The molecule has 2 heterocycles. The summed E-state index contributed by atoms with van der Waals surface area (Å²) in [5.41, 5.74) is 1.98. The third kappa shape index (κ3) is 0.603. The zero-order chi connectivity index (χ0) is 6.97. The Kier molecular flexibility index (Phi) is 0.974. The number of rotatable bonds is 0. The second kappa shape index (κ2) is 1.80. The predicted octanol–water partition coefficient (Wildman–Crippen LogP) is 1.07. The van der Waals surface area contributed by atoms with E-state index in [1.807, 2.05) is 6.92 Å². The van der Waals surface area contributed by atoms with E-state index in [1.54, 1.807) is 12.3 Å². The average molecular weight is 132 g/mol. The van der Waals surface area contributed by atoms with Crippen LogP contribution in [0, 0.1) is 13.1 Å². The summed E-state index contributed by atoms with van der Waals surface area (Å²) >= 11 is 0. The van der Waals surface area contributed by atoms with Crippen LogP contribution >= 0.6 is 0 Å². The Labute approximate surface area is 58.1 Å². The monoisotopic (exact) mass is 132 g/mol. The van der Waals surface area contributed by atoms with Gasteiger partial charge in [0.05, 0.1) is 17.4 Å². The largest absolute Gasteiger partial charge is 0.277 e. The zero-order valence-electron chi connectivity index (χ0n) is 5.55.